The average molecular weight is 435 g/mol. The molecule has 4 aliphatic rings. The summed E-state index contributed by atoms with van der Waals surface area (Å²) in [5, 5.41) is 22.5. The van der Waals surface area contributed by atoms with E-state index >= 15 is 0 Å². The Hall–Kier alpha value is -1.73. The molecule has 0 saturated heterocycles. The van der Waals surface area contributed by atoms with Crippen molar-refractivity contribution in [1.82, 2.24) is 0 Å². The molecule has 9 atom stereocenters. The minimum Gasteiger partial charge on any atom is -0.462 e. The first-order chi connectivity index (χ1) is 14.3. The lowest BCUT2D eigenvalue weighted by Gasteiger charge is -2.67. The molecule has 7 heteroatoms. The van der Waals surface area contributed by atoms with Crippen LogP contribution >= 0.6 is 0 Å². The first-order valence-electron chi connectivity index (χ1n) is 11.2. The summed E-state index contributed by atoms with van der Waals surface area (Å²) in [6.45, 7) is 12.5. The molecule has 4 saturated carbocycles. The van der Waals surface area contributed by atoms with Gasteiger partial charge in [-0.2, -0.15) is 0 Å². The van der Waals surface area contributed by atoms with Crippen molar-refractivity contribution in [1.29, 1.82) is 0 Å². The van der Waals surface area contributed by atoms with E-state index in [0.29, 0.717) is 24.8 Å². The summed E-state index contributed by atoms with van der Waals surface area (Å²) in [7, 11) is 0. The molecule has 9 unspecified atom stereocenters. The minimum absolute atomic E-state index is 0.0381. The van der Waals surface area contributed by atoms with Gasteiger partial charge in [-0.05, 0) is 42.6 Å². The van der Waals surface area contributed by atoms with Gasteiger partial charge in [0.05, 0.1) is 12.2 Å². The molecule has 0 amide bonds. The van der Waals surface area contributed by atoms with Gasteiger partial charge in [0.2, 0.25) is 0 Å². The normalized spacial score (nSPS) is 47.9. The Morgan fingerprint density at radius 3 is 2.13 bits per heavy atom. The van der Waals surface area contributed by atoms with Gasteiger partial charge in [0, 0.05) is 36.5 Å². The van der Waals surface area contributed by atoms with E-state index < -0.39 is 58.5 Å². The topological polar surface area (TPSA) is 110 Å². The molecule has 0 aromatic heterocycles. The third kappa shape index (κ3) is 2.95. The van der Waals surface area contributed by atoms with Crippen LogP contribution in [0.15, 0.2) is 12.2 Å². The fourth-order valence-corrected chi connectivity index (χ4v) is 8.35. The van der Waals surface area contributed by atoms with Crippen LogP contribution < -0.4 is 0 Å². The second-order valence-electron chi connectivity index (χ2n) is 11.1. The molecule has 2 N–H and O–H groups in total. The lowest BCUT2D eigenvalue weighted by atomic mass is 9.39. The average Bonchev–Trinajstić information content (AvgIpc) is 2.79. The van der Waals surface area contributed by atoms with Crippen molar-refractivity contribution in [2.45, 2.75) is 84.7 Å². The zero-order valence-corrected chi connectivity index (χ0v) is 19.0. The first-order valence-corrected chi connectivity index (χ1v) is 11.2. The molecular weight excluding hydrogens is 400 g/mol. The van der Waals surface area contributed by atoms with Crippen LogP contribution in [-0.2, 0) is 23.9 Å². The number of hydrogen-bond donors (Lipinski definition) is 2. The van der Waals surface area contributed by atoms with Crippen molar-refractivity contribution < 1.29 is 34.1 Å². The highest BCUT2D eigenvalue weighted by Gasteiger charge is 2.74. The Labute approximate surface area is 183 Å². The monoisotopic (exact) mass is 434 g/mol. The molecule has 4 rings (SSSR count). The molecule has 0 aromatic carbocycles. The maximum absolute atomic E-state index is 13.5. The van der Waals surface area contributed by atoms with E-state index in [1.165, 1.54) is 13.8 Å². The van der Waals surface area contributed by atoms with Gasteiger partial charge in [-0.1, -0.05) is 27.4 Å². The number of aliphatic hydroxyl groups excluding tert-OH is 2. The quantitative estimate of drug-likeness (QED) is 0.506. The molecule has 0 heterocycles. The van der Waals surface area contributed by atoms with Gasteiger partial charge >= 0.3 is 11.9 Å². The first kappa shape index (κ1) is 22.5. The maximum Gasteiger partial charge on any atom is 0.302 e. The summed E-state index contributed by atoms with van der Waals surface area (Å²) in [4.78, 5) is 37.4. The summed E-state index contributed by atoms with van der Waals surface area (Å²) in [6.07, 6.45) is -1.40. The Morgan fingerprint density at radius 2 is 1.55 bits per heavy atom. The number of Topliss-reactive ketones (excluding diaryl/α,β-unsaturated/α-hetero) is 1. The van der Waals surface area contributed by atoms with Crippen molar-refractivity contribution in [2.75, 3.05) is 0 Å². The number of allylic oxidation sites excluding steroid dienone is 1. The molecule has 31 heavy (non-hydrogen) atoms. The summed E-state index contributed by atoms with van der Waals surface area (Å²) in [5.41, 5.74) is -1.79. The van der Waals surface area contributed by atoms with Gasteiger partial charge in [0.15, 0.2) is 5.78 Å². The van der Waals surface area contributed by atoms with E-state index in [4.69, 9.17) is 9.47 Å². The van der Waals surface area contributed by atoms with Crippen LogP contribution in [0.1, 0.15) is 60.3 Å². The number of hydrogen-bond acceptors (Lipinski definition) is 7. The molecule has 1 spiro atoms. The number of ether oxygens (including phenoxy) is 2. The zero-order chi connectivity index (χ0) is 23.1. The van der Waals surface area contributed by atoms with Crippen LogP contribution in [0.3, 0.4) is 0 Å². The third-order valence-corrected chi connectivity index (χ3v) is 8.90. The fourth-order valence-electron chi connectivity index (χ4n) is 8.35. The number of esters is 2. The summed E-state index contributed by atoms with van der Waals surface area (Å²) in [6, 6.07) is 0. The van der Waals surface area contributed by atoms with Crippen molar-refractivity contribution in [2.24, 2.45) is 34.0 Å². The van der Waals surface area contributed by atoms with Crippen molar-refractivity contribution >= 4 is 17.7 Å². The predicted molar refractivity (Wildman–Crippen MR) is 111 cm³/mol. The number of carbonyl (C=O) groups excluding carboxylic acids is 3. The van der Waals surface area contributed by atoms with Crippen molar-refractivity contribution in [3.63, 3.8) is 0 Å². The van der Waals surface area contributed by atoms with Crippen LogP contribution in [0.2, 0.25) is 0 Å². The van der Waals surface area contributed by atoms with Crippen LogP contribution in [0.4, 0.5) is 0 Å². The van der Waals surface area contributed by atoms with Gasteiger partial charge < -0.3 is 19.7 Å². The van der Waals surface area contributed by atoms with Crippen LogP contribution in [0, 0.1) is 34.0 Å². The SMILES string of the molecule is C=C1C(=O)C23CC1CC(O)C2C1(C)CC(OC(C)=O)C(O)C(C)(C)C1C(OC(C)=O)C3. The van der Waals surface area contributed by atoms with Gasteiger partial charge in [-0.3, -0.25) is 14.4 Å². The van der Waals surface area contributed by atoms with Crippen LogP contribution in [0.25, 0.3) is 0 Å². The molecular formula is C24H34O7. The van der Waals surface area contributed by atoms with Crippen molar-refractivity contribution in [3.8, 4) is 0 Å². The molecule has 4 fully saturated rings. The van der Waals surface area contributed by atoms with Gasteiger partial charge in [0.1, 0.15) is 12.2 Å². The molecule has 0 radical (unpaired) electrons. The largest absolute Gasteiger partial charge is 0.462 e. The van der Waals surface area contributed by atoms with E-state index in [2.05, 4.69) is 6.58 Å². The second kappa shape index (κ2) is 6.88. The summed E-state index contributed by atoms with van der Waals surface area (Å²) >= 11 is 0. The number of aliphatic hydroxyl groups is 2. The third-order valence-electron chi connectivity index (χ3n) is 8.90. The lowest BCUT2D eigenvalue weighted by molar-refractivity contribution is -0.268. The van der Waals surface area contributed by atoms with Gasteiger partial charge in [-0.15, -0.1) is 0 Å². The number of fused-ring (bicyclic) bond motifs is 3. The standard InChI is InChI=1S/C24H34O7/c1-11-14-7-15(27)18-23(6)9-17(31-13(3)26)21(29)22(4,5)19(23)16(30-12(2)25)10-24(18,8-14)20(11)28/h14-19,21,27,29H,1,7-10H2,2-6H3. The fraction of sp³-hybridized carbons (Fsp3) is 0.792. The summed E-state index contributed by atoms with van der Waals surface area (Å²) in [5.74, 6) is -1.75. The second-order valence-corrected chi connectivity index (χ2v) is 11.1. The zero-order valence-electron chi connectivity index (χ0n) is 19.0. The molecule has 172 valence electrons. The van der Waals surface area contributed by atoms with Crippen molar-refractivity contribution in [3.05, 3.63) is 12.2 Å². The highest BCUT2D eigenvalue weighted by atomic mass is 16.6. The summed E-state index contributed by atoms with van der Waals surface area (Å²) < 4.78 is 11.3. The molecule has 7 nitrogen and oxygen atoms in total. The Balaban J connectivity index is 1.89. The molecule has 0 aromatic rings. The number of rotatable bonds is 2. The van der Waals surface area contributed by atoms with Gasteiger partial charge in [-0.25, -0.2) is 0 Å². The molecule has 4 aliphatic carbocycles. The van der Waals surface area contributed by atoms with E-state index in [1.807, 2.05) is 20.8 Å². The van der Waals surface area contributed by atoms with Crippen LogP contribution in [-0.4, -0.2) is 52.4 Å². The highest BCUT2D eigenvalue weighted by molar-refractivity contribution is 6.03. The van der Waals surface area contributed by atoms with E-state index in [-0.39, 0.29) is 24.0 Å². The van der Waals surface area contributed by atoms with E-state index in [9.17, 15) is 24.6 Å². The Morgan fingerprint density at radius 1 is 0.968 bits per heavy atom. The Bertz CT molecular complexity index is 847. The smallest absolute Gasteiger partial charge is 0.302 e. The number of ketones is 1. The Kier molecular flexibility index (Phi) is 4.99. The highest BCUT2D eigenvalue weighted by Crippen LogP contribution is 2.71. The maximum atomic E-state index is 13.5. The number of carbonyl (C=O) groups is 3. The lowest BCUT2D eigenvalue weighted by Crippen LogP contribution is -2.70. The van der Waals surface area contributed by atoms with Crippen LogP contribution in [0.5, 0.6) is 0 Å². The minimum atomic E-state index is -0.968. The van der Waals surface area contributed by atoms with E-state index in [0.717, 1.165) is 0 Å². The van der Waals surface area contributed by atoms with E-state index in [1.54, 1.807) is 0 Å². The molecule has 0 aliphatic heterocycles. The predicted octanol–water partition coefficient (Wildman–Crippen LogP) is 2.18. The van der Waals surface area contributed by atoms with Gasteiger partial charge in [0.25, 0.3) is 0 Å². The molecule has 2 bridgehead atoms.